The molecule has 0 unspecified atom stereocenters. The van der Waals surface area contributed by atoms with Crippen LogP contribution in [-0.4, -0.2) is 48.4 Å². The van der Waals surface area contributed by atoms with Gasteiger partial charge in [0.25, 0.3) is 5.91 Å². The summed E-state index contributed by atoms with van der Waals surface area (Å²) in [6, 6.07) is 15.4. The molecule has 0 spiro atoms. The van der Waals surface area contributed by atoms with Crippen molar-refractivity contribution in [2.75, 3.05) is 32.7 Å². The minimum absolute atomic E-state index is 0.109. The number of benzene rings is 2. The molecule has 1 aliphatic rings. The van der Waals surface area contributed by atoms with E-state index in [0.29, 0.717) is 24.0 Å². The largest absolute Gasteiger partial charge is 0.489 e. The van der Waals surface area contributed by atoms with E-state index < -0.39 is 0 Å². The predicted octanol–water partition coefficient (Wildman–Crippen LogP) is 4.75. The van der Waals surface area contributed by atoms with Crippen molar-refractivity contribution in [3.8, 4) is 11.8 Å². The fourth-order valence-corrected chi connectivity index (χ4v) is 4.12. The van der Waals surface area contributed by atoms with Crippen LogP contribution in [0.15, 0.2) is 42.5 Å². The second-order valence-corrected chi connectivity index (χ2v) is 9.50. The number of nitrogens with zero attached hydrogens (tertiary/aromatic N) is 3. The van der Waals surface area contributed by atoms with Gasteiger partial charge in [-0.3, -0.25) is 9.69 Å². The van der Waals surface area contributed by atoms with E-state index in [2.05, 4.69) is 38.7 Å². The Bertz CT molecular complexity index is 936. The number of carbonyl (C=O) groups is 1. The highest BCUT2D eigenvalue weighted by atomic mass is 16.5. The number of rotatable bonds is 8. The van der Waals surface area contributed by atoms with Crippen molar-refractivity contribution >= 4 is 5.91 Å². The molecule has 32 heavy (non-hydrogen) atoms. The SMILES string of the molecule is CC(C)Cc1cc(C(=O)N2CCN(CC(C)C)CC2)ccc1OCc1ccc(C#N)cc1. The molecule has 170 valence electrons. The highest BCUT2D eigenvalue weighted by Gasteiger charge is 2.23. The Hall–Kier alpha value is -2.84. The molecule has 0 aromatic heterocycles. The molecule has 1 fully saturated rings. The van der Waals surface area contributed by atoms with Crippen molar-refractivity contribution in [2.24, 2.45) is 11.8 Å². The molecule has 0 N–H and O–H groups in total. The first kappa shape index (κ1) is 23.8. The van der Waals surface area contributed by atoms with E-state index in [4.69, 9.17) is 10.00 Å². The van der Waals surface area contributed by atoms with Crippen LogP contribution in [0.1, 0.15) is 54.7 Å². The number of hydrogen-bond acceptors (Lipinski definition) is 4. The molecular formula is C27H35N3O2. The van der Waals surface area contributed by atoms with E-state index in [1.807, 2.05) is 35.2 Å². The third-order valence-electron chi connectivity index (χ3n) is 5.70. The van der Waals surface area contributed by atoms with Crippen molar-refractivity contribution in [3.63, 3.8) is 0 Å². The lowest BCUT2D eigenvalue weighted by Gasteiger charge is -2.35. The molecule has 0 aliphatic carbocycles. The number of ether oxygens (including phenoxy) is 1. The monoisotopic (exact) mass is 433 g/mol. The average molecular weight is 434 g/mol. The molecular weight excluding hydrogens is 398 g/mol. The molecule has 2 aromatic rings. The van der Waals surface area contributed by atoms with E-state index in [-0.39, 0.29) is 5.91 Å². The summed E-state index contributed by atoms with van der Waals surface area (Å²) in [5.74, 6) is 2.03. The van der Waals surface area contributed by atoms with Crippen molar-refractivity contribution in [2.45, 2.75) is 40.7 Å². The number of hydrogen-bond donors (Lipinski definition) is 0. The van der Waals surface area contributed by atoms with Crippen molar-refractivity contribution < 1.29 is 9.53 Å². The zero-order chi connectivity index (χ0) is 23.1. The second kappa shape index (κ2) is 11.2. The summed E-state index contributed by atoms with van der Waals surface area (Å²) in [5.41, 5.74) is 3.46. The molecule has 0 saturated carbocycles. The summed E-state index contributed by atoms with van der Waals surface area (Å²) in [5, 5.41) is 8.95. The topological polar surface area (TPSA) is 56.6 Å². The van der Waals surface area contributed by atoms with Crippen LogP contribution in [0.25, 0.3) is 0 Å². The van der Waals surface area contributed by atoms with Gasteiger partial charge in [-0.25, -0.2) is 0 Å². The summed E-state index contributed by atoms with van der Waals surface area (Å²) in [6.45, 7) is 13.8. The van der Waals surface area contributed by atoms with Gasteiger partial charge < -0.3 is 9.64 Å². The fourth-order valence-electron chi connectivity index (χ4n) is 4.12. The molecule has 1 aliphatic heterocycles. The lowest BCUT2D eigenvalue weighted by Crippen LogP contribution is -2.49. The summed E-state index contributed by atoms with van der Waals surface area (Å²) in [6.07, 6.45) is 0.853. The molecule has 5 heteroatoms. The standard InChI is InChI=1S/C27H35N3O2/c1-20(2)15-25-16-24(27(31)30-13-11-29(12-14-30)18-21(3)4)9-10-26(25)32-19-23-7-5-22(17-28)6-8-23/h5-10,16,20-21H,11-15,18-19H2,1-4H3. The van der Waals surface area contributed by atoms with Gasteiger partial charge in [0, 0.05) is 38.3 Å². The molecule has 1 amide bonds. The van der Waals surface area contributed by atoms with Gasteiger partial charge in [0.2, 0.25) is 0 Å². The normalized spacial score (nSPS) is 14.6. The van der Waals surface area contributed by atoms with Crippen molar-refractivity contribution in [1.82, 2.24) is 9.80 Å². The van der Waals surface area contributed by atoms with Crippen LogP contribution in [0, 0.1) is 23.2 Å². The first-order chi connectivity index (χ1) is 15.4. The van der Waals surface area contributed by atoms with E-state index >= 15 is 0 Å². The third-order valence-corrected chi connectivity index (χ3v) is 5.70. The maximum absolute atomic E-state index is 13.2. The highest BCUT2D eigenvalue weighted by molar-refractivity contribution is 5.94. The average Bonchev–Trinajstić information content (AvgIpc) is 2.78. The second-order valence-electron chi connectivity index (χ2n) is 9.50. The van der Waals surface area contributed by atoms with Gasteiger partial charge in [-0.1, -0.05) is 39.8 Å². The highest BCUT2D eigenvalue weighted by Crippen LogP contribution is 2.25. The van der Waals surface area contributed by atoms with Crippen LogP contribution in [-0.2, 0) is 13.0 Å². The maximum Gasteiger partial charge on any atom is 0.253 e. The van der Waals surface area contributed by atoms with Gasteiger partial charge in [0.15, 0.2) is 0 Å². The summed E-state index contributed by atoms with van der Waals surface area (Å²) in [4.78, 5) is 17.6. The number of nitriles is 1. The minimum atomic E-state index is 0.109. The van der Waals surface area contributed by atoms with E-state index in [0.717, 1.165) is 61.6 Å². The van der Waals surface area contributed by atoms with Crippen molar-refractivity contribution in [1.29, 1.82) is 5.26 Å². The Morgan fingerprint density at radius 1 is 1.00 bits per heavy atom. The van der Waals surface area contributed by atoms with E-state index in [9.17, 15) is 4.79 Å². The lowest BCUT2D eigenvalue weighted by molar-refractivity contribution is 0.0623. The smallest absolute Gasteiger partial charge is 0.253 e. The van der Waals surface area contributed by atoms with Gasteiger partial charge in [-0.05, 0) is 59.7 Å². The molecule has 0 bridgehead atoms. The quantitative estimate of drug-likeness (QED) is 0.603. The zero-order valence-electron chi connectivity index (χ0n) is 19.8. The summed E-state index contributed by atoms with van der Waals surface area (Å²) < 4.78 is 6.11. The van der Waals surface area contributed by atoms with E-state index in [1.54, 1.807) is 12.1 Å². The Kier molecular flexibility index (Phi) is 8.30. The number of piperazine rings is 1. The van der Waals surface area contributed by atoms with Crippen LogP contribution in [0.3, 0.4) is 0 Å². The van der Waals surface area contributed by atoms with Crippen LogP contribution >= 0.6 is 0 Å². The molecule has 1 saturated heterocycles. The molecule has 1 heterocycles. The van der Waals surface area contributed by atoms with Crippen LogP contribution < -0.4 is 4.74 Å². The summed E-state index contributed by atoms with van der Waals surface area (Å²) >= 11 is 0. The Morgan fingerprint density at radius 3 is 2.28 bits per heavy atom. The number of carbonyl (C=O) groups excluding carboxylic acids is 1. The van der Waals surface area contributed by atoms with E-state index in [1.165, 1.54) is 0 Å². The molecule has 3 rings (SSSR count). The fraction of sp³-hybridized carbons (Fsp3) is 0.481. The zero-order valence-corrected chi connectivity index (χ0v) is 19.8. The van der Waals surface area contributed by atoms with Gasteiger partial charge in [0.1, 0.15) is 12.4 Å². The Labute approximate surface area is 192 Å². The molecule has 5 nitrogen and oxygen atoms in total. The minimum Gasteiger partial charge on any atom is -0.489 e. The van der Waals surface area contributed by atoms with Crippen LogP contribution in [0.2, 0.25) is 0 Å². The molecule has 2 aromatic carbocycles. The first-order valence-corrected chi connectivity index (χ1v) is 11.6. The van der Waals surface area contributed by atoms with Gasteiger partial charge in [-0.2, -0.15) is 5.26 Å². The molecule has 0 radical (unpaired) electrons. The van der Waals surface area contributed by atoms with Crippen LogP contribution in [0.4, 0.5) is 0 Å². The van der Waals surface area contributed by atoms with Gasteiger partial charge in [-0.15, -0.1) is 0 Å². The van der Waals surface area contributed by atoms with Crippen molar-refractivity contribution in [3.05, 3.63) is 64.7 Å². The Balaban J connectivity index is 1.68. The van der Waals surface area contributed by atoms with Crippen LogP contribution in [0.5, 0.6) is 5.75 Å². The first-order valence-electron chi connectivity index (χ1n) is 11.6. The Morgan fingerprint density at radius 2 is 1.69 bits per heavy atom. The third kappa shape index (κ3) is 6.58. The number of amides is 1. The molecule has 0 atom stereocenters. The predicted molar refractivity (Wildman–Crippen MR) is 128 cm³/mol. The van der Waals surface area contributed by atoms with Gasteiger partial charge >= 0.3 is 0 Å². The maximum atomic E-state index is 13.2. The lowest BCUT2D eigenvalue weighted by atomic mass is 9.99. The summed E-state index contributed by atoms with van der Waals surface area (Å²) in [7, 11) is 0. The van der Waals surface area contributed by atoms with Gasteiger partial charge in [0.05, 0.1) is 11.6 Å².